The fraction of sp³-hybridized carbons (Fsp3) is 0.867. The Bertz CT molecular complexity index is 386. The van der Waals surface area contributed by atoms with E-state index >= 15 is 0 Å². The van der Waals surface area contributed by atoms with E-state index in [0.717, 1.165) is 19.3 Å². The molecular formula is C15H28ClN3O3. The fourth-order valence-corrected chi connectivity index (χ4v) is 2.93. The van der Waals surface area contributed by atoms with Crippen LogP contribution in [0.2, 0.25) is 0 Å². The Morgan fingerprint density at radius 1 is 1.14 bits per heavy atom. The number of ether oxygens (including phenoxy) is 1. The van der Waals surface area contributed by atoms with Crippen molar-refractivity contribution < 1.29 is 14.3 Å². The number of nitrogens with zero attached hydrogens (tertiary/aromatic N) is 2. The van der Waals surface area contributed by atoms with Gasteiger partial charge in [0.05, 0.1) is 19.1 Å². The number of hydrogen-bond acceptors (Lipinski definition) is 4. The number of likely N-dealkylation sites (tertiary alicyclic amines) is 1. The van der Waals surface area contributed by atoms with Crippen LogP contribution in [0, 0.1) is 5.92 Å². The Hall–Kier alpha value is -0.850. The summed E-state index contributed by atoms with van der Waals surface area (Å²) in [7, 11) is 0. The number of carbonyl (C=O) groups excluding carboxylic acids is 2. The zero-order valence-electron chi connectivity index (χ0n) is 13.5. The molecule has 2 amide bonds. The summed E-state index contributed by atoms with van der Waals surface area (Å²) in [5.41, 5.74) is 5.85. The van der Waals surface area contributed by atoms with Crippen molar-refractivity contribution in [1.82, 2.24) is 9.80 Å². The minimum atomic E-state index is -0.314. The highest BCUT2D eigenvalue weighted by atomic mass is 35.5. The number of carbonyl (C=O) groups is 2. The number of rotatable bonds is 3. The van der Waals surface area contributed by atoms with E-state index < -0.39 is 0 Å². The summed E-state index contributed by atoms with van der Waals surface area (Å²) in [5.74, 6) is -0.164. The van der Waals surface area contributed by atoms with Gasteiger partial charge in [-0.25, -0.2) is 0 Å². The van der Waals surface area contributed by atoms with Crippen LogP contribution in [0.3, 0.4) is 0 Å². The lowest BCUT2D eigenvalue weighted by Crippen LogP contribution is -2.57. The van der Waals surface area contributed by atoms with Gasteiger partial charge in [0.25, 0.3) is 0 Å². The third-order valence-electron chi connectivity index (χ3n) is 4.57. The largest absolute Gasteiger partial charge is 0.378 e. The Balaban J connectivity index is 0.00000242. The summed E-state index contributed by atoms with van der Waals surface area (Å²) >= 11 is 0. The first kappa shape index (κ1) is 19.2. The van der Waals surface area contributed by atoms with Crippen molar-refractivity contribution in [3.63, 3.8) is 0 Å². The molecule has 2 rings (SSSR count). The predicted octanol–water partition coefficient (Wildman–Crippen LogP) is 0.631. The van der Waals surface area contributed by atoms with Crippen molar-refractivity contribution >= 4 is 24.2 Å². The van der Waals surface area contributed by atoms with E-state index in [4.69, 9.17) is 10.5 Å². The molecule has 7 heteroatoms. The van der Waals surface area contributed by atoms with Gasteiger partial charge < -0.3 is 20.3 Å². The number of hydrogen-bond donors (Lipinski definition) is 1. The van der Waals surface area contributed by atoms with Crippen LogP contribution < -0.4 is 5.73 Å². The Morgan fingerprint density at radius 2 is 1.77 bits per heavy atom. The van der Waals surface area contributed by atoms with E-state index in [9.17, 15) is 9.59 Å². The van der Waals surface area contributed by atoms with Gasteiger partial charge in [0.1, 0.15) is 6.04 Å². The van der Waals surface area contributed by atoms with Crippen molar-refractivity contribution in [3.05, 3.63) is 0 Å². The molecule has 0 aromatic carbocycles. The van der Waals surface area contributed by atoms with Crippen LogP contribution >= 0.6 is 12.4 Å². The molecule has 2 aliphatic heterocycles. The van der Waals surface area contributed by atoms with Gasteiger partial charge in [-0.05, 0) is 26.2 Å². The minimum absolute atomic E-state index is 0. The highest BCUT2D eigenvalue weighted by Gasteiger charge is 2.37. The van der Waals surface area contributed by atoms with Gasteiger partial charge in [0, 0.05) is 25.7 Å². The molecule has 3 atom stereocenters. The Morgan fingerprint density at radius 3 is 2.36 bits per heavy atom. The van der Waals surface area contributed by atoms with Gasteiger partial charge in [-0.1, -0.05) is 6.92 Å². The van der Waals surface area contributed by atoms with Gasteiger partial charge in [-0.3, -0.25) is 9.59 Å². The summed E-state index contributed by atoms with van der Waals surface area (Å²) in [6, 6.07) is -0.510. The first-order valence-corrected chi connectivity index (χ1v) is 7.95. The van der Waals surface area contributed by atoms with Crippen molar-refractivity contribution in [2.24, 2.45) is 11.7 Å². The first-order valence-electron chi connectivity index (χ1n) is 7.95. The maximum absolute atomic E-state index is 12.7. The maximum atomic E-state index is 12.7. The molecular weight excluding hydrogens is 306 g/mol. The second-order valence-corrected chi connectivity index (χ2v) is 6.13. The lowest BCUT2D eigenvalue weighted by Gasteiger charge is -2.40. The van der Waals surface area contributed by atoms with Crippen LogP contribution in [0.4, 0.5) is 0 Å². The van der Waals surface area contributed by atoms with E-state index in [1.54, 1.807) is 4.90 Å². The second-order valence-electron chi connectivity index (χ2n) is 6.13. The topological polar surface area (TPSA) is 75.9 Å². The van der Waals surface area contributed by atoms with Crippen molar-refractivity contribution in [3.8, 4) is 0 Å². The molecule has 128 valence electrons. The van der Waals surface area contributed by atoms with Gasteiger partial charge >= 0.3 is 0 Å². The number of piperidine rings is 1. The van der Waals surface area contributed by atoms with E-state index in [-0.39, 0.29) is 42.2 Å². The molecule has 2 saturated heterocycles. The van der Waals surface area contributed by atoms with E-state index in [1.165, 1.54) is 0 Å². The van der Waals surface area contributed by atoms with Crippen LogP contribution in [0.5, 0.6) is 0 Å². The molecule has 0 saturated carbocycles. The molecule has 0 aromatic heterocycles. The summed E-state index contributed by atoms with van der Waals surface area (Å²) < 4.78 is 5.29. The zero-order valence-corrected chi connectivity index (χ0v) is 14.3. The Labute approximate surface area is 138 Å². The smallest absolute Gasteiger partial charge is 0.245 e. The molecule has 2 N–H and O–H groups in total. The molecule has 2 aliphatic rings. The van der Waals surface area contributed by atoms with Gasteiger partial charge in [0.2, 0.25) is 11.8 Å². The van der Waals surface area contributed by atoms with Crippen LogP contribution in [0.1, 0.15) is 33.1 Å². The standard InChI is InChI=1S/C15H27N3O3.ClH/c1-11(12(2)16)14(19)18-6-4-3-5-13(18)15(20)17-7-9-21-10-8-17;/h11-13H,3-10,16H2,1-2H3;1H. The van der Waals surface area contributed by atoms with Crippen LogP contribution in [0.25, 0.3) is 0 Å². The van der Waals surface area contributed by atoms with Crippen LogP contribution in [0.15, 0.2) is 0 Å². The Kier molecular flexibility index (Phi) is 7.59. The normalized spacial score (nSPS) is 25.1. The van der Waals surface area contributed by atoms with Crippen LogP contribution in [-0.2, 0) is 14.3 Å². The monoisotopic (exact) mass is 333 g/mol. The quantitative estimate of drug-likeness (QED) is 0.822. The molecule has 2 fully saturated rings. The highest BCUT2D eigenvalue weighted by Crippen LogP contribution is 2.22. The third kappa shape index (κ3) is 4.33. The molecule has 0 radical (unpaired) electrons. The van der Waals surface area contributed by atoms with Gasteiger partial charge in [-0.2, -0.15) is 0 Å². The zero-order chi connectivity index (χ0) is 15.4. The number of morpholine rings is 1. The molecule has 6 nitrogen and oxygen atoms in total. The lowest BCUT2D eigenvalue weighted by atomic mass is 9.96. The third-order valence-corrected chi connectivity index (χ3v) is 4.57. The molecule has 0 bridgehead atoms. The molecule has 0 aromatic rings. The van der Waals surface area contributed by atoms with E-state index in [2.05, 4.69) is 0 Å². The summed E-state index contributed by atoms with van der Waals surface area (Å²) in [4.78, 5) is 28.9. The van der Waals surface area contributed by atoms with Crippen molar-refractivity contribution in [2.75, 3.05) is 32.8 Å². The summed E-state index contributed by atoms with van der Waals surface area (Å²) in [6.07, 6.45) is 2.72. The van der Waals surface area contributed by atoms with E-state index in [0.29, 0.717) is 32.8 Å². The predicted molar refractivity (Wildman–Crippen MR) is 86.8 cm³/mol. The fourth-order valence-electron chi connectivity index (χ4n) is 2.93. The maximum Gasteiger partial charge on any atom is 0.245 e. The SMILES string of the molecule is CC(N)C(C)C(=O)N1CCCCC1C(=O)N1CCOCC1.Cl. The number of halogens is 1. The summed E-state index contributed by atoms with van der Waals surface area (Å²) in [6.45, 7) is 6.77. The molecule has 2 heterocycles. The highest BCUT2D eigenvalue weighted by molar-refractivity contribution is 5.89. The molecule has 0 spiro atoms. The molecule has 3 unspecified atom stereocenters. The average molecular weight is 334 g/mol. The number of nitrogens with two attached hydrogens (primary N) is 1. The van der Waals surface area contributed by atoms with Gasteiger partial charge in [0.15, 0.2) is 0 Å². The average Bonchev–Trinajstić information content (AvgIpc) is 2.53. The molecule has 22 heavy (non-hydrogen) atoms. The first-order chi connectivity index (χ1) is 10.0. The summed E-state index contributed by atoms with van der Waals surface area (Å²) in [5, 5.41) is 0. The van der Waals surface area contributed by atoms with Crippen molar-refractivity contribution in [2.45, 2.75) is 45.2 Å². The molecule has 0 aliphatic carbocycles. The lowest BCUT2D eigenvalue weighted by molar-refractivity contribution is -0.152. The second kappa shape index (κ2) is 8.70. The van der Waals surface area contributed by atoms with Crippen LogP contribution in [-0.4, -0.2) is 66.5 Å². The van der Waals surface area contributed by atoms with E-state index in [1.807, 2.05) is 18.7 Å². The van der Waals surface area contributed by atoms with Crippen molar-refractivity contribution in [1.29, 1.82) is 0 Å². The minimum Gasteiger partial charge on any atom is -0.378 e. The number of amides is 2. The van der Waals surface area contributed by atoms with Gasteiger partial charge in [-0.15, -0.1) is 12.4 Å².